The molecule has 0 radical (unpaired) electrons. The molecule has 1 saturated heterocycles. The van der Waals surface area contributed by atoms with Gasteiger partial charge >= 0.3 is 0 Å². The maximum Gasteiger partial charge on any atom is 0.241 e. The van der Waals surface area contributed by atoms with Crippen LogP contribution in [0.15, 0.2) is 29.3 Å². The summed E-state index contributed by atoms with van der Waals surface area (Å²) in [6, 6.07) is 8.06. The summed E-state index contributed by atoms with van der Waals surface area (Å²) in [7, 11) is 3.51. The average Bonchev–Trinajstić information content (AvgIpc) is 3.62. The largest absolute Gasteiger partial charge is 0.493 e. The molecule has 9 heteroatoms. The lowest BCUT2D eigenvalue weighted by Crippen LogP contribution is -2.44. The Bertz CT molecular complexity index is 721. The smallest absolute Gasteiger partial charge is 0.241 e. The molecule has 0 unspecified atom stereocenters. The second-order valence-corrected chi connectivity index (χ2v) is 8.40. The van der Waals surface area contributed by atoms with Crippen LogP contribution in [0, 0.1) is 5.92 Å². The van der Waals surface area contributed by atoms with Gasteiger partial charge in [-0.3, -0.25) is 9.69 Å². The molecule has 1 aliphatic heterocycles. The lowest BCUT2D eigenvalue weighted by Gasteiger charge is -2.26. The SMILES string of the molecule is CN(C)C(=O)CNC(=NCc1ccccc1OCC1CC1)NCCCN1CCOCC1.I. The first-order valence-electron chi connectivity index (χ1n) is 11.3. The first kappa shape index (κ1) is 26.7. The number of aliphatic imine (C=N–C) groups is 1. The molecule has 2 N–H and O–H groups in total. The highest BCUT2D eigenvalue weighted by Crippen LogP contribution is 2.30. The van der Waals surface area contributed by atoms with E-state index in [4.69, 9.17) is 14.5 Å². The third-order valence-corrected chi connectivity index (χ3v) is 5.50. The number of amides is 1. The number of para-hydroxylation sites is 1. The maximum absolute atomic E-state index is 12.0. The molecular weight excluding hydrogens is 521 g/mol. The fraction of sp³-hybridized carbons (Fsp3) is 0.652. The van der Waals surface area contributed by atoms with Gasteiger partial charge in [0, 0.05) is 39.3 Å². The number of likely N-dealkylation sites (N-methyl/N-ethyl adjacent to an activating group) is 1. The second kappa shape index (κ2) is 14.5. The summed E-state index contributed by atoms with van der Waals surface area (Å²) in [5, 5.41) is 6.54. The van der Waals surface area contributed by atoms with E-state index in [-0.39, 0.29) is 36.4 Å². The van der Waals surface area contributed by atoms with Crippen LogP contribution >= 0.6 is 24.0 Å². The van der Waals surface area contributed by atoms with Crippen molar-refractivity contribution in [3.63, 3.8) is 0 Å². The fourth-order valence-corrected chi connectivity index (χ4v) is 3.26. The molecule has 1 aromatic carbocycles. The van der Waals surface area contributed by atoms with Crippen LogP contribution in [0.5, 0.6) is 5.75 Å². The van der Waals surface area contributed by atoms with Crippen molar-refractivity contribution in [3.05, 3.63) is 29.8 Å². The third-order valence-electron chi connectivity index (χ3n) is 5.50. The molecule has 1 heterocycles. The number of rotatable bonds is 11. The van der Waals surface area contributed by atoms with Crippen LogP contribution in [0.3, 0.4) is 0 Å². The number of hydrogen-bond donors (Lipinski definition) is 2. The van der Waals surface area contributed by atoms with Gasteiger partial charge in [0.25, 0.3) is 0 Å². The van der Waals surface area contributed by atoms with Gasteiger partial charge in [-0.05, 0) is 37.8 Å². The first-order valence-corrected chi connectivity index (χ1v) is 11.3. The van der Waals surface area contributed by atoms with Crippen molar-refractivity contribution in [2.75, 3.05) is 66.6 Å². The van der Waals surface area contributed by atoms with E-state index in [2.05, 4.69) is 15.5 Å². The van der Waals surface area contributed by atoms with E-state index in [0.717, 1.165) is 63.7 Å². The predicted molar refractivity (Wildman–Crippen MR) is 138 cm³/mol. The van der Waals surface area contributed by atoms with Crippen LogP contribution in [0.4, 0.5) is 0 Å². The summed E-state index contributed by atoms with van der Waals surface area (Å²) in [5.41, 5.74) is 1.05. The number of nitrogens with zero attached hydrogens (tertiary/aromatic N) is 3. The lowest BCUT2D eigenvalue weighted by molar-refractivity contribution is -0.127. The highest BCUT2D eigenvalue weighted by Gasteiger charge is 2.22. The van der Waals surface area contributed by atoms with Crippen LogP contribution in [0.25, 0.3) is 0 Å². The highest BCUT2D eigenvalue weighted by molar-refractivity contribution is 14.0. The third kappa shape index (κ3) is 9.91. The summed E-state index contributed by atoms with van der Waals surface area (Å²) in [6.07, 6.45) is 3.54. The van der Waals surface area contributed by atoms with E-state index in [1.165, 1.54) is 12.8 Å². The normalized spacial score (nSPS) is 16.8. The van der Waals surface area contributed by atoms with Crippen LogP contribution in [0.1, 0.15) is 24.8 Å². The van der Waals surface area contributed by atoms with Gasteiger partial charge in [-0.1, -0.05) is 18.2 Å². The minimum Gasteiger partial charge on any atom is -0.493 e. The molecular formula is C23H38IN5O3. The van der Waals surface area contributed by atoms with Crippen molar-refractivity contribution < 1.29 is 14.3 Å². The molecule has 0 spiro atoms. The number of hydrogen-bond acceptors (Lipinski definition) is 5. The van der Waals surface area contributed by atoms with Gasteiger partial charge in [0.2, 0.25) is 5.91 Å². The summed E-state index contributed by atoms with van der Waals surface area (Å²) in [5.74, 6) is 2.26. The number of benzene rings is 1. The van der Waals surface area contributed by atoms with Crippen molar-refractivity contribution in [2.24, 2.45) is 10.9 Å². The molecule has 1 saturated carbocycles. The van der Waals surface area contributed by atoms with E-state index in [9.17, 15) is 4.79 Å². The molecule has 0 aromatic heterocycles. The number of halogens is 1. The number of carbonyl (C=O) groups is 1. The Hall–Kier alpha value is -1.59. The molecule has 180 valence electrons. The maximum atomic E-state index is 12.0. The van der Waals surface area contributed by atoms with Crippen LogP contribution < -0.4 is 15.4 Å². The number of morpholine rings is 1. The molecule has 0 atom stereocenters. The van der Waals surface area contributed by atoms with Gasteiger partial charge in [-0.2, -0.15) is 0 Å². The Labute approximate surface area is 209 Å². The Kier molecular flexibility index (Phi) is 12.1. The summed E-state index contributed by atoms with van der Waals surface area (Å²) in [4.78, 5) is 20.7. The Morgan fingerprint density at radius 1 is 1.22 bits per heavy atom. The zero-order valence-corrected chi connectivity index (χ0v) is 21.7. The molecule has 3 rings (SSSR count). The van der Waals surface area contributed by atoms with E-state index in [1.807, 2.05) is 24.3 Å². The topological polar surface area (TPSA) is 78.4 Å². The van der Waals surface area contributed by atoms with Gasteiger partial charge < -0.3 is 25.0 Å². The van der Waals surface area contributed by atoms with E-state index in [1.54, 1.807) is 19.0 Å². The summed E-state index contributed by atoms with van der Waals surface area (Å²) >= 11 is 0. The lowest BCUT2D eigenvalue weighted by atomic mass is 10.2. The molecule has 0 bridgehead atoms. The van der Waals surface area contributed by atoms with Gasteiger partial charge in [-0.15, -0.1) is 24.0 Å². The molecule has 8 nitrogen and oxygen atoms in total. The number of carbonyl (C=O) groups excluding carboxylic acids is 1. The summed E-state index contributed by atoms with van der Waals surface area (Å²) < 4.78 is 11.4. The van der Waals surface area contributed by atoms with Crippen LogP contribution in [0.2, 0.25) is 0 Å². The van der Waals surface area contributed by atoms with Crippen molar-refractivity contribution in [3.8, 4) is 5.75 Å². The Balaban J connectivity index is 0.00000363. The minimum atomic E-state index is 0. The minimum absolute atomic E-state index is 0. The van der Waals surface area contributed by atoms with Crippen molar-refractivity contribution in [1.29, 1.82) is 0 Å². The number of nitrogens with one attached hydrogen (secondary N) is 2. The number of guanidine groups is 1. The molecule has 1 aromatic rings. The Morgan fingerprint density at radius 2 is 1.97 bits per heavy atom. The number of ether oxygens (including phenoxy) is 2. The van der Waals surface area contributed by atoms with Gasteiger partial charge in [0.1, 0.15) is 5.75 Å². The average molecular weight is 559 g/mol. The molecule has 2 fully saturated rings. The quantitative estimate of drug-likeness (QED) is 0.187. The van der Waals surface area contributed by atoms with E-state index < -0.39 is 0 Å². The molecule has 2 aliphatic rings. The zero-order valence-electron chi connectivity index (χ0n) is 19.3. The molecule has 1 amide bonds. The van der Waals surface area contributed by atoms with E-state index in [0.29, 0.717) is 18.4 Å². The van der Waals surface area contributed by atoms with Gasteiger partial charge in [0.15, 0.2) is 5.96 Å². The standard InChI is InChI=1S/C23H37N5O3.HI/c1-27(2)22(29)17-26-23(24-10-5-11-28-12-14-30-15-13-28)25-16-20-6-3-4-7-21(20)31-18-19-8-9-19;/h3-4,6-7,19H,5,8-18H2,1-2H3,(H2,24,25,26);1H. The van der Waals surface area contributed by atoms with Gasteiger partial charge in [0.05, 0.1) is 32.9 Å². The zero-order chi connectivity index (χ0) is 21.9. The highest BCUT2D eigenvalue weighted by atomic mass is 127. The van der Waals surface area contributed by atoms with Crippen molar-refractivity contribution in [2.45, 2.75) is 25.8 Å². The first-order chi connectivity index (χ1) is 15.1. The fourth-order valence-electron chi connectivity index (χ4n) is 3.26. The second-order valence-electron chi connectivity index (χ2n) is 8.40. The van der Waals surface area contributed by atoms with Crippen molar-refractivity contribution in [1.82, 2.24) is 20.4 Å². The summed E-state index contributed by atoms with van der Waals surface area (Å²) in [6.45, 7) is 6.92. The molecule has 32 heavy (non-hydrogen) atoms. The van der Waals surface area contributed by atoms with Gasteiger partial charge in [-0.25, -0.2) is 4.99 Å². The predicted octanol–water partition coefficient (Wildman–Crippen LogP) is 1.94. The van der Waals surface area contributed by atoms with Crippen molar-refractivity contribution >= 4 is 35.8 Å². The Morgan fingerprint density at radius 3 is 2.69 bits per heavy atom. The molecule has 1 aliphatic carbocycles. The van der Waals surface area contributed by atoms with Crippen LogP contribution in [-0.4, -0.2) is 88.3 Å². The van der Waals surface area contributed by atoms with E-state index >= 15 is 0 Å². The monoisotopic (exact) mass is 559 g/mol. The van der Waals surface area contributed by atoms with Crippen LogP contribution in [-0.2, 0) is 16.1 Å².